The molecule has 0 atom stereocenters. The van der Waals surface area contributed by atoms with E-state index in [1.165, 1.54) is 0 Å². The number of nitrogen functional groups attached to an aromatic ring is 1. The number of anilines is 1. The molecule has 0 unspecified atom stereocenters. The molecule has 1 aromatic rings. The number of rotatable bonds is 1. The van der Waals surface area contributed by atoms with Crippen LogP contribution in [-0.4, -0.2) is 20.3 Å². The van der Waals surface area contributed by atoms with Gasteiger partial charge in [0.05, 0.1) is 0 Å². The zero-order valence-corrected chi connectivity index (χ0v) is 6.96. The van der Waals surface area contributed by atoms with E-state index in [4.69, 9.17) is 5.73 Å². The van der Waals surface area contributed by atoms with Crippen LogP contribution in [0.3, 0.4) is 0 Å². The van der Waals surface area contributed by atoms with Crippen LogP contribution in [0.2, 0.25) is 0 Å². The first-order chi connectivity index (χ1) is 4.83. The molecule has 50 valence electrons. The molecule has 2 nitrogen and oxygen atoms in total. The van der Waals surface area contributed by atoms with Gasteiger partial charge in [-0.05, 0) is 0 Å². The second-order valence-electron chi connectivity index (χ2n) is 1.79. The summed E-state index contributed by atoms with van der Waals surface area (Å²) in [5.41, 5.74) is 7.06. The molecule has 0 heterocycles. The van der Waals surface area contributed by atoms with Crippen molar-refractivity contribution in [2.45, 2.75) is 0 Å². The average molecular weight is 197 g/mol. The van der Waals surface area contributed by atoms with Crippen molar-refractivity contribution in [2.75, 3.05) is 5.73 Å². The third kappa shape index (κ3) is 1.82. The fraction of sp³-hybridized carbons (Fsp3) is 0. The van der Waals surface area contributed by atoms with Crippen molar-refractivity contribution in [1.82, 2.24) is 0 Å². The Morgan fingerprint density at radius 2 is 1.90 bits per heavy atom. The Morgan fingerprint density at radius 1 is 1.30 bits per heavy atom. The van der Waals surface area contributed by atoms with Gasteiger partial charge in [-0.3, -0.25) is 0 Å². The second-order valence-corrected chi connectivity index (χ2v) is 2.18. The molecule has 3 heteroatoms. The van der Waals surface area contributed by atoms with Gasteiger partial charge in [-0.1, -0.05) is 0 Å². The van der Waals surface area contributed by atoms with E-state index in [2.05, 4.69) is 25.3 Å². The number of hydrogen-bond acceptors (Lipinski definition) is 2. The average Bonchev–Trinajstić information content (AvgIpc) is 1.95. The van der Waals surface area contributed by atoms with Crippen LogP contribution in [0.1, 0.15) is 0 Å². The van der Waals surface area contributed by atoms with Gasteiger partial charge in [-0.15, -0.1) is 0 Å². The summed E-state index contributed by atoms with van der Waals surface area (Å²) in [5, 5.41) is 0. The molecule has 0 aliphatic heterocycles. The number of nitrogens with zero attached hydrogens (tertiary/aromatic N) is 1. The topological polar surface area (TPSA) is 38.4 Å². The van der Waals surface area contributed by atoms with Gasteiger partial charge >= 0.3 is 66.7 Å². The monoisotopic (exact) mass is 198 g/mol. The first-order valence-corrected chi connectivity index (χ1v) is 3.62. The molecule has 2 N–H and O–H groups in total. The predicted octanol–water partition coefficient (Wildman–Crippen LogP) is 0.974. The van der Waals surface area contributed by atoms with Crippen molar-refractivity contribution < 1.29 is 0 Å². The van der Waals surface area contributed by atoms with E-state index in [0.717, 1.165) is 11.4 Å². The summed E-state index contributed by atoms with van der Waals surface area (Å²) in [6.07, 6.45) is 0. The molecule has 1 aromatic carbocycles. The van der Waals surface area contributed by atoms with Gasteiger partial charge in [0.25, 0.3) is 0 Å². The summed E-state index contributed by atoms with van der Waals surface area (Å²) < 4.78 is 2.56. The Kier molecular flexibility index (Phi) is 2.41. The summed E-state index contributed by atoms with van der Waals surface area (Å²) in [7, 11) is 0. The first kappa shape index (κ1) is 7.23. The zero-order valence-electron chi connectivity index (χ0n) is 5.24. The number of aliphatic imine (C=N–C) groups is 1. The van der Waals surface area contributed by atoms with Crippen LogP contribution in [0.25, 0.3) is 0 Å². The molecule has 0 fully saturated rings. The van der Waals surface area contributed by atoms with E-state index in [9.17, 15) is 0 Å². The van der Waals surface area contributed by atoms with Gasteiger partial charge in [0.15, 0.2) is 0 Å². The molecule has 0 aliphatic carbocycles. The van der Waals surface area contributed by atoms with E-state index in [1.54, 1.807) is 12.1 Å². The molecule has 0 radical (unpaired) electrons. The molecule has 0 spiro atoms. The van der Waals surface area contributed by atoms with Crippen LogP contribution in [0, 0.1) is 0 Å². The molecule has 0 saturated carbocycles. The van der Waals surface area contributed by atoms with Crippen molar-refractivity contribution in [3.63, 3.8) is 0 Å². The Hall–Kier alpha value is -0.881. The third-order valence-electron chi connectivity index (χ3n) is 1.07. The van der Waals surface area contributed by atoms with Crippen LogP contribution in [-0.2, 0) is 0 Å². The molecule has 1 rings (SSSR count). The molecular formula is C7H6N2Se. The zero-order chi connectivity index (χ0) is 7.40. The predicted molar refractivity (Wildman–Crippen MR) is 43.7 cm³/mol. The number of nitrogens with two attached hydrogens (primary N) is 1. The van der Waals surface area contributed by atoms with Gasteiger partial charge < -0.3 is 0 Å². The maximum absolute atomic E-state index is 5.45. The summed E-state index contributed by atoms with van der Waals surface area (Å²) in [4.78, 5) is 3.89. The van der Waals surface area contributed by atoms with Crippen molar-refractivity contribution in [3.05, 3.63) is 24.3 Å². The van der Waals surface area contributed by atoms with Crippen LogP contribution < -0.4 is 5.73 Å². The molecular weight excluding hydrogens is 191 g/mol. The van der Waals surface area contributed by atoms with Crippen molar-refractivity contribution in [1.29, 1.82) is 0 Å². The summed E-state index contributed by atoms with van der Waals surface area (Å²) in [5.74, 6) is 0. The Morgan fingerprint density at radius 3 is 2.40 bits per heavy atom. The Labute approximate surface area is 67.1 Å². The normalized spacial score (nSPS) is 8.40. The van der Waals surface area contributed by atoms with Crippen molar-refractivity contribution >= 4 is 31.7 Å². The van der Waals surface area contributed by atoms with Gasteiger partial charge in [0.1, 0.15) is 0 Å². The second kappa shape index (κ2) is 3.33. The van der Waals surface area contributed by atoms with Gasteiger partial charge in [-0.25, -0.2) is 0 Å². The summed E-state index contributed by atoms with van der Waals surface area (Å²) >= 11 is 2.56. The van der Waals surface area contributed by atoms with E-state index < -0.39 is 0 Å². The number of hydrogen-bond donors (Lipinski definition) is 1. The van der Waals surface area contributed by atoms with E-state index in [1.807, 2.05) is 12.1 Å². The summed E-state index contributed by atoms with van der Waals surface area (Å²) in [6, 6.07) is 7.27. The van der Waals surface area contributed by atoms with Crippen LogP contribution in [0.5, 0.6) is 0 Å². The molecule has 0 bridgehead atoms. The minimum absolute atomic E-state index is 0.749. The van der Waals surface area contributed by atoms with Crippen molar-refractivity contribution in [2.24, 2.45) is 4.99 Å². The maximum atomic E-state index is 5.45. The quantitative estimate of drug-likeness (QED) is 0.406. The fourth-order valence-electron chi connectivity index (χ4n) is 0.602. The first-order valence-electron chi connectivity index (χ1n) is 2.76. The van der Waals surface area contributed by atoms with Gasteiger partial charge in [0, 0.05) is 0 Å². The fourth-order valence-corrected chi connectivity index (χ4v) is 0.823. The third-order valence-corrected chi connectivity index (χ3v) is 1.26. The molecule has 0 saturated heterocycles. The standard InChI is InChI=1S/C7H6N2Se/c8-6-1-3-7(4-2-6)9-5-10/h1-4H,8H2. The van der Waals surface area contributed by atoms with Crippen molar-refractivity contribution in [3.8, 4) is 0 Å². The van der Waals surface area contributed by atoms with E-state index in [-0.39, 0.29) is 0 Å². The molecule has 0 amide bonds. The van der Waals surface area contributed by atoms with Crippen LogP contribution >= 0.6 is 0 Å². The molecule has 0 aliphatic rings. The van der Waals surface area contributed by atoms with Gasteiger partial charge in [-0.2, -0.15) is 0 Å². The van der Waals surface area contributed by atoms with Crippen LogP contribution in [0.15, 0.2) is 29.3 Å². The number of benzene rings is 1. The Balaban J connectivity index is 3.00. The molecule has 0 aromatic heterocycles. The van der Waals surface area contributed by atoms with Crippen LogP contribution in [0.4, 0.5) is 11.4 Å². The minimum atomic E-state index is 0.749. The van der Waals surface area contributed by atoms with E-state index >= 15 is 0 Å². The molecule has 10 heavy (non-hydrogen) atoms. The SMILES string of the molecule is Nc1ccc(N=C=[Se])cc1. The Bertz CT molecular complexity index is 259. The van der Waals surface area contributed by atoms with E-state index in [0.29, 0.717) is 0 Å². The summed E-state index contributed by atoms with van der Waals surface area (Å²) in [6.45, 7) is 0. The van der Waals surface area contributed by atoms with Gasteiger partial charge in [0.2, 0.25) is 0 Å².